The second-order valence-corrected chi connectivity index (χ2v) is 2.34. The summed E-state index contributed by atoms with van der Waals surface area (Å²) in [7, 11) is 0. The highest BCUT2D eigenvalue weighted by molar-refractivity contribution is 6.68. The largest absolute Gasteiger partial charge is 0.276 e. The third-order valence-electron chi connectivity index (χ3n) is 0.911. The molecule has 0 aliphatic heterocycles. The Balaban J connectivity index is 4.35. The lowest BCUT2D eigenvalue weighted by Crippen LogP contribution is -1.88. The van der Waals surface area contributed by atoms with E-state index in [1.165, 1.54) is 12.2 Å². The van der Waals surface area contributed by atoms with E-state index < -0.39 is 5.24 Å². The SMILES string of the molecule is C=C/C=C(\C=C/CCl)C(=O)Cl. The standard InChI is InChI=1S/C8H8Cl2O/c1-2-4-7(8(10)11)5-3-6-9/h2-5H,1,6H2/b5-3-,7-4+. The minimum Gasteiger partial charge on any atom is -0.276 e. The van der Waals surface area contributed by atoms with Gasteiger partial charge in [-0.2, -0.15) is 0 Å². The number of rotatable bonds is 4. The molecular formula is C8H8Cl2O. The van der Waals surface area contributed by atoms with E-state index in [1.54, 1.807) is 12.2 Å². The van der Waals surface area contributed by atoms with Crippen molar-refractivity contribution in [3.05, 3.63) is 36.5 Å². The van der Waals surface area contributed by atoms with Crippen LogP contribution in [0.5, 0.6) is 0 Å². The Bertz CT molecular complexity index is 204. The molecule has 60 valence electrons. The van der Waals surface area contributed by atoms with Crippen LogP contribution in [-0.2, 0) is 4.79 Å². The van der Waals surface area contributed by atoms with Gasteiger partial charge in [0, 0.05) is 11.5 Å². The molecule has 0 saturated carbocycles. The van der Waals surface area contributed by atoms with E-state index in [4.69, 9.17) is 23.2 Å². The molecule has 0 aromatic rings. The zero-order valence-electron chi connectivity index (χ0n) is 5.89. The van der Waals surface area contributed by atoms with Crippen LogP contribution >= 0.6 is 23.2 Å². The van der Waals surface area contributed by atoms with Gasteiger partial charge in [-0.25, -0.2) is 0 Å². The van der Waals surface area contributed by atoms with Gasteiger partial charge in [-0.15, -0.1) is 11.6 Å². The molecule has 1 nitrogen and oxygen atoms in total. The van der Waals surface area contributed by atoms with Crippen molar-refractivity contribution in [1.82, 2.24) is 0 Å². The summed E-state index contributed by atoms with van der Waals surface area (Å²) in [6, 6.07) is 0. The zero-order chi connectivity index (χ0) is 8.69. The lowest BCUT2D eigenvalue weighted by molar-refractivity contribution is -0.108. The van der Waals surface area contributed by atoms with Crippen molar-refractivity contribution in [2.45, 2.75) is 0 Å². The van der Waals surface area contributed by atoms with Gasteiger partial charge >= 0.3 is 0 Å². The number of halogens is 2. The number of carbonyl (C=O) groups excluding carboxylic acids is 1. The predicted octanol–water partition coefficient (Wildman–Crippen LogP) is 2.66. The number of allylic oxidation sites excluding steroid dienone is 5. The van der Waals surface area contributed by atoms with Crippen LogP contribution in [0.25, 0.3) is 0 Å². The van der Waals surface area contributed by atoms with Gasteiger partial charge < -0.3 is 0 Å². The molecule has 0 N–H and O–H groups in total. The van der Waals surface area contributed by atoms with E-state index in [9.17, 15) is 4.79 Å². The Hall–Kier alpha value is -0.530. The summed E-state index contributed by atoms with van der Waals surface area (Å²) < 4.78 is 0. The fraction of sp³-hybridized carbons (Fsp3) is 0.125. The van der Waals surface area contributed by atoms with Crippen molar-refractivity contribution in [1.29, 1.82) is 0 Å². The molecule has 0 saturated heterocycles. The maximum Gasteiger partial charge on any atom is 0.252 e. The van der Waals surface area contributed by atoms with Gasteiger partial charge in [-0.05, 0) is 11.6 Å². The molecule has 0 heterocycles. The molecule has 0 aromatic carbocycles. The van der Waals surface area contributed by atoms with E-state index in [0.29, 0.717) is 11.5 Å². The van der Waals surface area contributed by atoms with E-state index in [1.807, 2.05) is 0 Å². The fourth-order valence-corrected chi connectivity index (χ4v) is 0.700. The van der Waals surface area contributed by atoms with Crippen molar-refractivity contribution in [3.63, 3.8) is 0 Å². The van der Waals surface area contributed by atoms with Crippen molar-refractivity contribution in [3.8, 4) is 0 Å². The third kappa shape index (κ3) is 4.82. The summed E-state index contributed by atoms with van der Waals surface area (Å²) in [5.41, 5.74) is 0.391. The summed E-state index contributed by atoms with van der Waals surface area (Å²) in [5.74, 6) is 0.360. The van der Waals surface area contributed by atoms with Crippen molar-refractivity contribution < 1.29 is 4.79 Å². The van der Waals surface area contributed by atoms with Crippen molar-refractivity contribution >= 4 is 28.4 Å². The van der Waals surface area contributed by atoms with Crippen molar-refractivity contribution in [2.75, 3.05) is 5.88 Å². The first-order chi connectivity index (χ1) is 5.22. The van der Waals surface area contributed by atoms with Gasteiger partial charge in [0.05, 0.1) is 0 Å². The molecule has 0 amide bonds. The lowest BCUT2D eigenvalue weighted by atomic mass is 10.2. The molecule has 0 spiro atoms. The van der Waals surface area contributed by atoms with Crippen LogP contribution < -0.4 is 0 Å². The van der Waals surface area contributed by atoms with Crippen LogP contribution in [0.15, 0.2) is 36.5 Å². The Morgan fingerprint density at radius 2 is 2.18 bits per heavy atom. The van der Waals surface area contributed by atoms with Gasteiger partial charge in [0.2, 0.25) is 0 Å². The summed E-state index contributed by atoms with van der Waals surface area (Å²) in [5, 5.41) is -0.508. The maximum absolute atomic E-state index is 10.6. The topological polar surface area (TPSA) is 17.1 Å². The highest BCUT2D eigenvalue weighted by Gasteiger charge is 1.98. The summed E-state index contributed by atoms with van der Waals surface area (Å²) in [6.07, 6.45) is 6.22. The highest BCUT2D eigenvalue weighted by atomic mass is 35.5. The van der Waals surface area contributed by atoms with E-state index in [-0.39, 0.29) is 0 Å². The first-order valence-electron chi connectivity index (χ1n) is 2.97. The molecule has 0 aliphatic rings. The highest BCUT2D eigenvalue weighted by Crippen LogP contribution is 2.02. The second-order valence-electron chi connectivity index (χ2n) is 1.69. The van der Waals surface area contributed by atoms with Gasteiger partial charge in [-0.1, -0.05) is 30.9 Å². The number of carbonyl (C=O) groups is 1. The van der Waals surface area contributed by atoms with Crippen LogP contribution in [0.1, 0.15) is 0 Å². The second kappa shape index (κ2) is 6.20. The van der Waals surface area contributed by atoms with Crippen molar-refractivity contribution in [2.24, 2.45) is 0 Å². The van der Waals surface area contributed by atoms with Crippen LogP contribution in [0.3, 0.4) is 0 Å². The first-order valence-corrected chi connectivity index (χ1v) is 3.88. The first kappa shape index (κ1) is 10.5. The Morgan fingerprint density at radius 3 is 2.55 bits per heavy atom. The third-order valence-corrected chi connectivity index (χ3v) is 1.31. The van der Waals surface area contributed by atoms with Crippen LogP contribution in [0.2, 0.25) is 0 Å². The zero-order valence-corrected chi connectivity index (χ0v) is 7.40. The normalized spacial score (nSPS) is 12.0. The van der Waals surface area contributed by atoms with Crippen LogP contribution in [0.4, 0.5) is 0 Å². The quantitative estimate of drug-likeness (QED) is 0.289. The molecule has 0 unspecified atom stereocenters. The summed E-state index contributed by atoms with van der Waals surface area (Å²) in [4.78, 5) is 10.6. The molecular weight excluding hydrogens is 183 g/mol. The fourth-order valence-electron chi connectivity index (χ4n) is 0.485. The Kier molecular flexibility index (Phi) is 5.90. The minimum atomic E-state index is -0.508. The number of alkyl halides is 1. The molecule has 0 aliphatic carbocycles. The van der Waals surface area contributed by atoms with E-state index in [2.05, 4.69) is 6.58 Å². The molecule has 0 radical (unpaired) electrons. The Labute approximate surface area is 76.0 Å². The molecule has 3 heteroatoms. The average molecular weight is 191 g/mol. The minimum absolute atomic E-state index is 0.360. The van der Waals surface area contributed by atoms with Gasteiger partial charge in [-0.3, -0.25) is 4.79 Å². The molecule has 0 fully saturated rings. The molecule has 0 rings (SSSR count). The number of hydrogen-bond acceptors (Lipinski definition) is 1. The molecule has 0 atom stereocenters. The number of hydrogen-bond donors (Lipinski definition) is 0. The summed E-state index contributed by atoms with van der Waals surface area (Å²) in [6.45, 7) is 3.44. The molecule has 11 heavy (non-hydrogen) atoms. The maximum atomic E-state index is 10.6. The molecule has 0 aromatic heterocycles. The van der Waals surface area contributed by atoms with Crippen LogP contribution in [-0.4, -0.2) is 11.1 Å². The monoisotopic (exact) mass is 190 g/mol. The Morgan fingerprint density at radius 1 is 1.55 bits per heavy atom. The smallest absolute Gasteiger partial charge is 0.252 e. The predicted molar refractivity (Wildman–Crippen MR) is 49.0 cm³/mol. The van der Waals surface area contributed by atoms with E-state index >= 15 is 0 Å². The summed E-state index contributed by atoms with van der Waals surface area (Å²) >= 11 is 10.6. The molecule has 0 bridgehead atoms. The van der Waals surface area contributed by atoms with Gasteiger partial charge in [0.15, 0.2) is 0 Å². The van der Waals surface area contributed by atoms with Crippen LogP contribution in [0, 0.1) is 0 Å². The van der Waals surface area contributed by atoms with Gasteiger partial charge in [0.25, 0.3) is 5.24 Å². The lowest BCUT2D eigenvalue weighted by Gasteiger charge is -1.89. The average Bonchev–Trinajstić information content (AvgIpc) is 1.97. The van der Waals surface area contributed by atoms with Gasteiger partial charge in [0.1, 0.15) is 0 Å². The van der Waals surface area contributed by atoms with E-state index in [0.717, 1.165) is 0 Å².